The SMILES string of the molecule is CCOC(=O)c1ccc(Nc2nn(C3(CC#N)CCCC3)c3cc[nH]c(=O)c23)cc1CC. The van der Waals surface area contributed by atoms with Gasteiger partial charge < -0.3 is 15.0 Å². The summed E-state index contributed by atoms with van der Waals surface area (Å²) in [5, 5.41) is 18.0. The lowest BCUT2D eigenvalue weighted by molar-refractivity contribution is 0.0525. The molecule has 32 heavy (non-hydrogen) atoms. The highest BCUT2D eigenvalue weighted by Gasteiger charge is 2.38. The standard InChI is InChI=1S/C24H27N5O3/c1-3-16-15-17(7-8-18(16)23(31)32-4-2)27-21-20-19(9-14-26-22(20)30)29(28-21)24(12-13-25)10-5-6-11-24/h7-9,14-15H,3-6,10-12H2,1-2H3,(H,26,30)(H,27,28). The molecule has 8 nitrogen and oxygen atoms in total. The minimum absolute atomic E-state index is 0.236. The topological polar surface area (TPSA) is 113 Å². The van der Waals surface area contributed by atoms with E-state index >= 15 is 0 Å². The van der Waals surface area contributed by atoms with E-state index in [1.165, 1.54) is 0 Å². The molecule has 1 fully saturated rings. The van der Waals surface area contributed by atoms with Gasteiger partial charge in [-0.3, -0.25) is 9.48 Å². The van der Waals surface area contributed by atoms with Crippen molar-refractivity contribution in [1.29, 1.82) is 5.26 Å². The van der Waals surface area contributed by atoms with Crippen molar-refractivity contribution < 1.29 is 9.53 Å². The van der Waals surface area contributed by atoms with Gasteiger partial charge in [0, 0.05) is 11.9 Å². The van der Waals surface area contributed by atoms with Crippen LogP contribution in [0.4, 0.5) is 11.5 Å². The summed E-state index contributed by atoms with van der Waals surface area (Å²) < 4.78 is 7.03. The third kappa shape index (κ3) is 3.75. The first-order valence-corrected chi connectivity index (χ1v) is 11.1. The van der Waals surface area contributed by atoms with E-state index in [1.54, 1.807) is 25.3 Å². The van der Waals surface area contributed by atoms with Crippen molar-refractivity contribution in [2.75, 3.05) is 11.9 Å². The Morgan fingerprint density at radius 1 is 1.31 bits per heavy atom. The quantitative estimate of drug-likeness (QED) is 0.534. The summed E-state index contributed by atoms with van der Waals surface area (Å²) in [6, 6.07) is 9.56. The predicted molar refractivity (Wildman–Crippen MR) is 122 cm³/mol. The van der Waals surface area contributed by atoms with Gasteiger partial charge in [0.25, 0.3) is 5.56 Å². The van der Waals surface area contributed by atoms with Crippen LogP contribution in [0.25, 0.3) is 10.9 Å². The van der Waals surface area contributed by atoms with E-state index in [0.717, 1.165) is 36.9 Å². The Bertz CT molecular complexity index is 1240. The van der Waals surface area contributed by atoms with Crippen LogP contribution < -0.4 is 10.9 Å². The molecule has 0 bridgehead atoms. The van der Waals surface area contributed by atoms with Gasteiger partial charge in [0.05, 0.1) is 35.7 Å². The first kappa shape index (κ1) is 21.6. The molecule has 0 atom stereocenters. The fourth-order valence-electron chi connectivity index (χ4n) is 4.68. The number of benzene rings is 1. The highest BCUT2D eigenvalue weighted by molar-refractivity contribution is 5.93. The number of H-pyrrole nitrogens is 1. The first-order valence-electron chi connectivity index (χ1n) is 11.1. The molecule has 1 aliphatic carbocycles. The molecule has 0 radical (unpaired) electrons. The van der Waals surface area contributed by atoms with Crippen molar-refractivity contribution in [3.05, 3.63) is 51.9 Å². The molecule has 166 valence electrons. The second-order valence-corrected chi connectivity index (χ2v) is 8.16. The van der Waals surface area contributed by atoms with Crippen LogP contribution >= 0.6 is 0 Å². The Morgan fingerprint density at radius 2 is 2.09 bits per heavy atom. The van der Waals surface area contributed by atoms with Crippen LogP contribution in [-0.4, -0.2) is 27.3 Å². The maximum Gasteiger partial charge on any atom is 0.338 e. The van der Waals surface area contributed by atoms with Crippen molar-refractivity contribution in [2.24, 2.45) is 0 Å². The van der Waals surface area contributed by atoms with E-state index < -0.39 is 5.54 Å². The monoisotopic (exact) mass is 433 g/mol. The molecule has 0 unspecified atom stereocenters. The van der Waals surface area contributed by atoms with Crippen molar-refractivity contribution in [3.8, 4) is 6.07 Å². The summed E-state index contributed by atoms with van der Waals surface area (Å²) in [5.74, 6) is 0.0961. The summed E-state index contributed by atoms with van der Waals surface area (Å²) in [6.07, 6.45) is 6.41. The minimum atomic E-state index is -0.400. The third-order valence-electron chi connectivity index (χ3n) is 6.24. The Kier molecular flexibility index (Phi) is 5.99. The Labute approximate surface area is 186 Å². The summed E-state index contributed by atoms with van der Waals surface area (Å²) in [4.78, 5) is 27.7. The van der Waals surface area contributed by atoms with Crippen LogP contribution in [0.2, 0.25) is 0 Å². The molecule has 1 aliphatic rings. The Hall–Kier alpha value is -3.60. The van der Waals surface area contributed by atoms with Gasteiger partial charge in [0.15, 0.2) is 5.82 Å². The lowest BCUT2D eigenvalue weighted by Gasteiger charge is -2.27. The lowest BCUT2D eigenvalue weighted by atomic mass is 9.94. The number of aromatic nitrogens is 3. The van der Waals surface area contributed by atoms with Gasteiger partial charge in [-0.2, -0.15) is 10.4 Å². The summed E-state index contributed by atoms with van der Waals surface area (Å²) in [7, 11) is 0. The largest absolute Gasteiger partial charge is 0.462 e. The molecule has 2 heterocycles. The number of nitriles is 1. The van der Waals surface area contributed by atoms with Crippen LogP contribution in [-0.2, 0) is 16.7 Å². The summed E-state index contributed by atoms with van der Waals surface area (Å²) in [6.45, 7) is 4.07. The molecule has 1 saturated carbocycles. The van der Waals surface area contributed by atoms with Crippen LogP contribution in [0.3, 0.4) is 0 Å². The van der Waals surface area contributed by atoms with Crippen molar-refractivity contribution in [1.82, 2.24) is 14.8 Å². The lowest BCUT2D eigenvalue weighted by Crippen LogP contribution is -2.31. The number of fused-ring (bicyclic) bond motifs is 1. The van der Waals surface area contributed by atoms with E-state index in [0.29, 0.717) is 41.7 Å². The molecule has 1 aromatic carbocycles. The Morgan fingerprint density at radius 3 is 2.78 bits per heavy atom. The molecule has 3 aromatic rings. The van der Waals surface area contributed by atoms with Crippen molar-refractivity contribution in [2.45, 2.75) is 57.9 Å². The van der Waals surface area contributed by atoms with Crippen LogP contribution in [0.1, 0.15) is 61.9 Å². The van der Waals surface area contributed by atoms with E-state index in [2.05, 4.69) is 16.4 Å². The zero-order chi connectivity index (χ0) is 22.7. The molecule has 8 heteroatoms. The highest BCUT2D eigenvalue weighted by Crippen LogP contribution is 2.41. The average molecular weight is 434 g/mol. The predicted octanol–water partition coefficient (Wildman–Crippen LogP) is 4.39. The fourth-order valence-corrected chi connectivity index (χ4v) is 4.68. The number of pyridine rings is 1. The molecular formula is C24H27N5O3. The smallest absolute Gasteiger partial charge is 0.338 e. The normalized spacial score (nSPS) is 14.9. The molecule has 4 rings (SSSR count). The number of esters is 1. The average Bonchev–Trinajstić information content (AvgIpc) is 3.40. The maximum atomic E-state index is 12.7. The minimum Gasteiger partial charge on any atom is -0.462 e. The Balaban J connectivity index is 1.79. The van der Waals surface area contributed by atoms with Gasteiger partial charge in [-0.1, -0.05) is 19.8 Å². The van der Waals surface area contributed by atoms with Crippen molar-refractivity contribution >= 4 is 28.4 Å². The number of nitrogens with zero attached hydrogens (tertiary/aromatic N) is 3. The number of aromatic amines is 1. The highest BCUT2D eigenvalue weighted by atomic mass is 16.5. The van der Waals surface area contributed by atoms with Crippen molar-refractivity contribution in [3.63, 3.8) is 0 Å². The van der Waals surface area contributed by atoms with Gasteiger partial charge in [-0.25, -0.2) is 4.79 Å². The van der Waals surface area contributed by atoms with E-state index in [-0.39, 0.29) is 11.5 Å². The number of rotatable bonds is 7. The molecule has 2 aromatic heterocycles. The molecule has 0 amide bonds. The number of aryl methyl sites for hydroxylation is 1. The molecule has 0 spiro atoms. The number of hydrogen-bond acceptors (Lipinski definition) is 6. The van der Waals surface area contributed by atoms with Gasteiger partial charge in [0.2, 0.25) is 0 Å². The summed E-state index contributed by atoms with van der Waals surface area (Å²) in [5.41, 5.74) is 2.19. The van der Waals surface area contributed by atoms with Crippen LogP contribution in [0.5, 0.6) is 0 Å². The van der Waals surface area contributed by atoms with Gasteiger partial charge in [-0.15, -0.1) is 0 Å². The third-order valence-corrected chi connectivity index (χ3v) is 6.24. The van der Waals surface area contributed by atoms with Crippen LogP contribution in [0.15, 0.2) is 35.3 Å². The number of anilines is 2. The van der Waals surface area contributed by atoms with E-state index in [9.17, 15) is 14.9 Å². The van der Waals surface area contributed by atoms with Gasteiger partial charge >= 0.3 is 5.97 Å². The van der Waals surface area contributed by atoms with E-state index in [1.807, 2.05) is 23.7 Å². The number of carbonyl (C=O) groups excluding carboxylic acids is 1. The molecule has 0 aliphatic heterocycles. The molecular weight excluding hydrogens is 406 g/mol. The first-order chi connectivity index (χ1) is 15.5. The summed E-state index contributed by atoms with van der Waals surface area (Å²) >= 11 is 0. The number of ether oxygens (including phenoxy) is 1. The second-order valence-electron chi connectivity index (χ2n) is 8.16. The van der Waals surface area contributed by atoms with Gasteiger partial charge in [-0.05, 0) is 56.0 Å². The van der Waals surface area contributed by atoms with Gasteiger partial charge in [0.1, 0.15) is 5.39 Å². The zero-order valence-corrected chi connectivity index (χ0v) is 18.4. The van der Waals surface area contributed by atoms with E-state index in [4.69, 9.17) is 9.84 Å². The molecule has 2 N–H and O–H groups in total. The number of carbonyl (C=O) groups is 1. The number of hydrogen-bond donors (Lipinski definition) is 2. The maximum absolute atomic E-state index is 12.7. The zero-order valence-electron chi connectivity index (χ0n) is 18.4. The molecule has 0 saturated heterocycles. The second kappa shape index (κ2) is 8.87. The fraction of sp³-hybridized carbons (Fsp3) is 0.417. The number of nitrogens with one attached hydrogen (secondary N) is 2. The van der Waals surface area contributed by atoms with Crippen LogP contribution in [0, 0.1) is 11.3 Å².